The van der Waals surface area contributed by atoms with Gasteiger partial charge in [0.05, 0.1) is 9.90 Å². The van der Waals surface area contributed by atoms with Crippen molar-refractivity contribution in [3.63, 3.8) is 0 Å². The molecule has 0 spiro atoms. The monoisotopic (exact) mass is 295 g/mol. The van der Waals surface area contributed by atoms with E-state index in [1.54, 1.807) is 17.7 Å². The molecule has 0 atom stereocenters. The number of piperazine rings is 1. The molecule has 1 aliphatic rings. The lowest BCUT2D eigenvalue weighted by molar-refractivity contribution is 0.311. The number of halogens is 1. The van der Waals surface area contributed by atoms with Crippen LogP contribution >= 0.6 is 22.9 Å². The highest BCUT2D eigenvalue weighted by Gasteiger charge is 2.18. The maximum Gasteiger partial charge on any atom is 0.229 e. The van der Waals surface area contributed by atoms with E-state index in [9.17, 15) is 0 Å². The fraction of sp³-hybridized carbons (Fsp3) is 0.417. The first-order valence-electron chi connectivity index (χ1n) is 6.10. The lowest BCUT2D eigenvalue weighted by atomic mass is 10.3. The molecule has 7 heteroatoms. The zero-order valence-corrected chi connectivity index (χ0v) is 12.2. The first kappa shape index (κ1) is 12.8. The second kappa shape index (κ2) is 5.40. The molecule has 0 unspecified atom stereocenters. The molecule has 1 fully saturated rings. The number of thiophene rings is 1. The number of anilines is 1. The van der Waals surface area contributed by atoms with Crippen LogP contribution in [-0.2, 0) is 0 Å². The van der Waals surface area contributed by atoms with Gasteiger partial charge in [-0.05, 0) is 18.5 Å². The minimum Gasteiger partial charge on any atom is -0.338 e. The maximum absolute atomic E-state index is 6.12. The normalized spacial score (nSPS) is 16.8. The van der Waals surface area contributed by atoms with E-state index in [0.29, 0.717) is 10.8 Å². The summed E-state index contributed by atoms with van der Waals surface area (Å²) in [7, 11) is 2.13. The number of likely N-dealkylation sites (N-methyl/N-ethyl adjacent to an activating group) is 1. The van der Waals surface area contributed by atoms with Crippen molar-refractivity contribution in [3.8, 4) is 10.7 Å². The Morgan fingerprint density at radius 3 is 2.68 bits per heavy atom. The first-order valence-corrected chi connectivity index (χ1v) is 7.35. The fourth-order valence-electron chi connectivity index (χ4n) is 2.01. The average Bonchev–Trinajstić information content (AvgIpc) is 2.86. The molecular formula is C12H14ClN5S. The van der Waals surface area contributed by atoms with Crippen molar-refractivity contribution < 1.29 is 0 Å². The summed E-state index contributed by atoms with van der Waals surface area (Å²) in [5.74, 6) is 1.39. The number of rotatable bonds is 2. The second-order valence-electron chi connectivity index (χ2n) is 4.50. The van der Waals surface area contributed by atoms with Gasteiger partial charge in [0.2, 0.25) is 5.95 Å². The van der Waals surface area contributed by atoms with E-state index >= 15 is 0 Å². The van der Waals surface area contributed by atoms with Gasteiger partial charge in [-0.1, -0.05) is 11.6 Å². The topological polar surface area (TPSA) is 45.2 Å². The van der Waals surface area contributed by atoms with E-state index in [1.807, 2.05) is 11.4 Å². The lowest BCUT2D eigenvalue weighted by Gasteiger charge is -2.32. The van der Waals surface area contributed by atoms with Gasteiger partial charge in [-0.15, -0.1) is 11.3 Å². The molecule has 0 aromatic carbocycles. The van der Waals surface area contributed by atoms with Gasteiger partial charge in [0.15, 0.2) is 5.82 Å². The van der Waals surface area contributed by atoms with Crippen molar-refractivity contribution in [2.24, 2.45) is 0 Å². The summed E-state index contributed by atoms with van der Waals surface area (Å²) in [5, 5.41) is 2.64. The number of hydrogen-bond acceptors (Lipinski definition) is 6. The molecule has 5 nitrogen and oxygen atoms in total. The Labute approximate surface area is 120 Å². The molecule has 0 N–H and O–H groups in total. The molecule has 0 radical (unpaired) electrons. The van der Waals surface area contributed by atoms with E-state index in [4.69, 9.17) is 11.6 Å². The van der Waals surface area contributed by atoms with Gasteiger partial charge in [-0.2, -0.15) is 4.98 Å². The third kappa shape index (κ3) is 2.70. The molecule has 19 heavy (non-hydrogen) atoms. The van der Waals surface area contributed by atoms with Gasteiger partial charge in [0, 0.05) is 26.2 Å². The number of aromatic nitrogens is 3. The Morgan fingerprint density at radius 2 is 2.00 bits per heavy atom. The van der Waals surface area contributed by atoms with Gasteiger partial charge >= 0.3 is 0 Å². The van der Waals surface area contributed by atoms with Crippen molar-refractivity contribution in [2.75, 3.05) is 38.1 Å². The van der Waals surface area contributed by atoms with Crippen molar-refractivity contribution in [1.82, 2.24) is 19.9 Å². The van der Waals surface area contributed by atoms with Crippen LogP contribution in [-0.4, -0.2) is 53.1 Å². The van der Waals surface area contributed by atoms with Crippen molar-refractivity contribution >= 4 is 28.9 Å². The van der Waals surface area contributed by atoms with Crippen LogP contribution in [0.5, 0.6) is 0 Å². The molecule has 1 aliphatic heterocycles. The standard InChI is InChI=1S/C12H14ClN5S/c1-17-3-5-18(6-4-17)12-15-8-14-11(16-12)10-9(13)2-7-19-10/h2,7-8H,3-6H2,1H3. The highest BCUT2D eigenvalue weighted by Crippen LogP contribution is 2.31. The minimum absolute atomic E-state index is 0.656. The summed E-state index contributed by atoms with van der Waals surface area (Å²) in [6.07, 6.45) is 1.56. The Balaban J connectivity index is 1.86. The zero-order chi connectivity index (χ0) is 13.2. The van der Waals surface area contributed by atoms with Crippen LogP contribution in [0.2, 0.25) is 5.02 Å². The van der Waals surface area contributed by atoms with Crippen LogP contribution < -0.4 is 4.90 Å². The number of hydrogen-bond donors (Lipinski definition) is 0. The fourth-order valence-corrected chi connectivity index (χ4v) is 3.09. The van der Waals surface area contributed by atoms with Gasteiger partial charge in [-0.3, -0.25) is 0 Å². The Kier molecular flexibility index (Phi) is 3.63. The molecule has 2 aromatic rings. The van der Waals surface area contributed by atoms with Gasteiger partial charge in [0.1, 0.15) is 6.33 Å². The molecular weight excluding hydrogens is 282 g/mol. The molecule has 3 rings (SSSR count). The number of nitrogens with zero attached hydrogens (tertiary/aromatic N) is 5. The van der Waals surface area contributed by atoms with Crippen molar-refractivity contribution in [1.29, 1.82) is 0 Å². The Hall–Kier alpha value is -1.24. The van der Waals surface area contributed by atoms with Crippen LogP contribution in [0.15, 0.2) is 17.8 Å². The summed E-state index contributed by atoms with van der Waals surface area (Å²) < 4.78 is 0. The molecule has 0 amide bonds. The van der Waals surface area contributed by atoms with E-state index in [-0.39, 0.29) is 0 Å². The highest BCUT2D eigenvalue weighted by molar-refractivity contribution is 7.14. The second-order valence-corrected chi connectivity index (χ2v) is 5.82. The quantitative estimate of drug-likeness (QED) is 0.848. The summed E-state index contributed by atoms with van der Waals surface area (Å²) in [6.45, 7) is 3.94. The smallest absolute Gasteiger partial charge is 0.229 e. The molecule has 0 bridgehead atoms. The predicted octanol–water partition coefficient (Wildman–Crippen LogP) is 2.01. The Morgan fingerprint density at radius 1 is 1.21 bits per heavy atom. The molecule has 1 saturated heterocycles. The van der Waals surface area contributed by atoms with E-state index in [0.717, 1.165) is 37.0 Å². The highest BCUT2D eigenvalue weighted by atomic mass is 35.5. The predicted molar refractivity (Wildman–Crippen MR) is 77.9 cm³/mol. The molecule has 100 valence electrons. The summed E-state index contributed by atoms with van der Waals surface area (Å²) in [4.78, 5) is 18.4. The van der Waals surface area contributed by atoms with Gasteiger partial charge < -0.3 is 9.80 Å². The Bertz CT molecular complexity index is 565. The van der Waals surface area contributed by atoms with E-state index < -0.39 is 0 Å². The maximum atomic E-state index is 6.12. The zero-order valence-electron chi connectivity index (χ0n) is 10.6. The van der Waals surface area contributed by atoms with E-state index in [1.165, 1.54) is 0 Å². The summed E-state index contributed by atoms with van der Waals surface area (Å²) >= 11 is 7.67. The molecule has 3 heterocycles. The van der Waals surface area contributed by atoms with Crippen LogP contribution in [0, 0.1) is 0 Å². The van der Waals surface area contributed by atoms with Crippen LogP contribution in [0.3, 0.4) is 0 Å². The van der Waals surface area contributed by atoms with Crippen molar-refractivity contribution in [3.05, 3.63) is 22.8 Å². The van der Waals surface area contributed by atoms with E-state index in [2.05, 4.69) is 31.8 Å². The third-order valence-corrected chi connectivity index (χ3v) is 4.50. The summed E-state index contributed by atoms with van der Waals surface area (Å²) in [5.41, 5.74) is 0. The van der Waals surface area contributed by atoms with Gasteiger partial charge in [-0.25, -0.2) is 9.97 Å². The lowest BCUT2D eigenvalue weighted by Crippen LogP contribution is -2.45. The van der Waals surface area contributed by atoms with Gasteiger partial charge in [0.25, 0.3) is 0 Å². The summed E-state index contributed by atoms with van der Waals surface area (Å²) in [6, 6.07) is 1.86. The van der Waals surface area contributed by atoms with Crippen LogP contribution in [0.4, 0.5) is 5.95 Å². The van der Waals surface area contributed by atoms with Crippen molar-refractivity contribution in [2.45, 2.75) is 0 Å². The third-order valence-electron chi connectivity index (χ3n) is 3.17. The van der Waals surface area contributed by atoms with Crippen LogP contribution in [0.25, 0.3) is 10.7 Å². The van der Waals surface area contributed by atoms with Crippen LogP contribution in [0.1, 0.15) is 0 Å². The largest absolute Gasteiger partial charge is 0.338 e. The average molecular weight is 296 g/mol. The molecule has 0 aliphatic carbocycles. The minimum atomic E-state index is 0.656. The first-order chi connectivity index (χ1) is 9.24. The molecule has 0 saturated carbocycles. The SMILES string of the molecule is CN1CCN(c2ncnc(-c3sccc3Cl)n2)CC1. The molecule has 2 aromatic heterocycles.